The van der Waals surface area contributed by atoms with Crippen LogP contribution in [0.15, 0.2) is 36.5 Å². The second kappa shape index (κ2) is 6.56. The van der Waals surface area contributed by atoms with Crippen molar-refractivity contribution < 1.29 is 14.6 Å². The van der Waals surface area contributed by atoms with Gasteiger partial charge in [0.25, 0.3) is 0 Å². The lowest BCUT2D eigenvalue weighted by molar-refractivity contribution is -0.146. The highest BCUT2D eigenvalue weighted by Gasteiger charge is 2.37. The maximum atomic E-state index is 11.8. The van der Waals surface area contributed by atoms with E-state index in [2.05, 4.69) is 4.98 Å². The fourth-order valence-electron chi connectivity index (χ4n) is 2.73. The number of aliphatic hydroxyl groups is 1. The summed E-state index contributed by atoms with van der Waals surface area (Å²) in [6.07, 6.45) is 1.79. The van der Waals surface area contributed by atoms with Gasteiger partial charge in [-0.05, 0) is 5.56 Å². The molecule has 1 aromatic heterocycles. The van der Waals surface area contributed by atoms with Crippen LogP contribution >= 0.6 is 11.3 Å². The molecule has 1 fully saturated rings. The quantitative estimate of drug-likeness (QED) is 0.873. The molecule has 0 amide bonds. The molecule has 116 valence electrons. The first-order valence-electron chi connectivity index (χ1n) is 7.17. The molecule has 1 N–H and O–H groups in total. The van der Waals surface area contributed by atoms with Crippen molar-refractivity contribution in [1.82, 2.24) is 9.88 Å². The van der Waals surface area contributed by atoms with Gasteiger partial charge < -0.3 is 9.84 Å². The van der Waals surface area contributed by atoms with E-state index >= 15 is 0 Å². The number of hydrogen-bond donors (Lipinski definition) is 1. The first-order valence-corrected chi connectivity index (χ1v) is 7.99. The van der Waals surface area contributed by atoms with E-state index in [0.717, 1.165) is 15.4 Å². The number of β-amino-alcohol motifs (C(OH)–C–C–N with tert-alkyl or cyclic N) is 1. The fourth-order valence-corrected chi connectivity index (χ4v) is 3.68. The number of nitrogens with zero attached hydrogens (tertiary/aromatic N) is 2. The van der Waals surface area contributed by atoms with Gasteiger partial charge in [0.1, 0.15) is 11.0 Å². The van der Waals surface area contributed by atoms with E-state index in [4.69, 9.17) is 4.74 Å². The molecule has 1 saturated heterocycles. The number of aliphatic hydroxyl groups excluding tert-OH is 1. The van der Waals surface area contributed by atoms with E-state index in [-0.39, 0.29) is 12.0 Å². The Morgan fingerprint density at radius 1 is 1.45 bits per heavy atom. The maximum Gasteiger partial charge on any atom is 0.323 e. The second-order valence-electron chi connectivity index (χ2n) is 5.34. The molecule has 0 spiro atoms. The Morgan fingerprint density at radius 3 is 2.95 bits per heavy atom. The minimum Gasteiger partial charge on any atom is -0.468 e. The number of aromatic nitrogens is 1. The van der Waals surface area contributed by atoms with Crippen LogP contribution in [0.2, 0.25) is 0 Å². The van der Waals surface area contributed by atoms with Gasteiger partial charge in [0.15, 0.2) is 0 Å². The van der Waals surface area contributed by atoms with Crippen LogP contribution in [0.25, 0.3) is 10.4 Å². The Labute approximate surface area is 133 Å². The van der Waals surface area contributed by atoms with Gasteiger partial charge in [0.2, 0.25) is 0 Å². The van der Waals surface area contributed by atoms with Crippen LogP contribution in [0.1, 0.15) is 11.4 Å². The van der Waals surface area contributed by atoms with E-state index in [1.807, 2.05) is 41.4 Å². The number of likely N-dealkylation sites (tertiary alicyclic amines) is 1. The maximum absolute atomic E-state index is 11.8. The fraction of sp³-hybridized carbons (Fsp3) is 0.375. The Balaban J connectivity index is 1.73. The zero-order valence-corrected chi connectivity index (χ0v) is 13.1. The first kappa shape index (κ1) is 15.1. The van der Waals surface area contributed by atoms with Crippen LogP contribution < -0.4 is 0 Å². The highest BCUT2D eigenvalue weighted by molar-refractivity contribution is 7.15. The molecule has 2 aromatic rings. The summed E-state index contributed by atoms with van der Waals surface area (Å²) in [5, 5.41) is 10.7. The molecule has 2 atom stereocenters. The van der Waals surface area contributed by atoms with Crippen LogP contribution in [-0.4, -0.2) is 46.8 Å². The highest BCUT2D eigenvalue weighted by atomic mass is 32.1. The van der Waals surface area contributed by atoms with E-state index < -0.39 is 6.10 Å². The number of rotatable bonds is 4. The number of methoxy groups -OCH3 is 1. The predicted molar refractivity (Wildman–Crippen MR) is 84.4 cm³/mol. The van der Waals surface area contributed by atoms with Gasteiger partial charge in [-0.25, -0.2) is 4.98 Å². The van der Waals surface area contributed by atoms with Crippen LogP contribution in [0, 0.1) is 0 Å². The molecule has 2 heterocycles. The summed E-state index contributed by atoms with van der Waals surface area (Å²) < 4.78 is 4.82. The zero-order chi connectivity index (χ0) is 15.5. The van der Waals surface area contributed by atoms with Gasteiger partial charge >= 0.3 is 5.97 Å². The van der Waals surface area contributed by atoms with E-state index in [1.54, 1.807) is 11.3 Å². The van der Waals surface area contributed by atoms with Gasteiger partial charge in [-0.1, -0.05) is 30.3 Å². The summed E-state index contributed by atoms with van der Waals surface area (Å²) in [6, 6.07) is 9.70. The third-order valence-electron chi connectivity index (χ3n) is 3.80. The lowest BCUT2D eigenvalue weighted by Gasteiger charge is -2.20. The van der Waals surface area contributed by atoms with E-state index in [1.165, 1.54) is 7.11 Å². The van der Waals surface area contributed by atoms with Crippen LogP contribution in [0.5, 0.6) is 0 Å². The molecule has 1 aliphatic rings. The third kappa shape index (κ3) is 3.19. The summed E-state index contributed by atoms with van der Waals surface area (Å²) in [5.41, 5.74) is 1.14. The number of benzene rings is 1. The van der Waals surface area contributed by atoms with Crippen molar-refractivity contribution in [2.45, 2.75) is 25.1 Å². The molecule has 1 aliphatic heterocycles. The molecular weight excluding hydrogens is 300 g/mol. The highest BCUT2D eigenvalue weighted by Crippen LogP contribution is 2.28. The van der Waals surface area contributed by atoms with Crippen LogP contribution in [-0.2, 0) is 16.1 Å². The summed E-state index contributed by atoms with van der Waals surface area (Å²) in [6.45, 7) is 1.02. The molecule has 22 heavy (non-hydrogen) atoms. The number of ether oxygens (including phenoxy) is 1. The van der Waals surface area contributed by atoms with Gasteiger partial charge in [-0.2, -0.15) is 0 Å². The van der Waals surface area contributed by atoms with Crippen LogP contribution in [0.4, 0.5) is 0 Å². The SMILES string of the molecule is COC(=O)[C@H]1C[C@H](O)CN1Cc1ncc(-c2ccccc2)s1. The number of thiazole rings is 1. The topological polar surface area (TPSA) is 62.7 Å². The molecule has 0 unspecified atom stereocenters. The van der Waals surface area contributed by atoms with E-state index in [0.29, 0.717) is 19.5 Å². The summed E-state index contributed by atoms with van der Waals surface area (Å²) >= 11 is 1.61. The van der Waals surface area contributed by atoms with Crippen molar-refractivity contribution in [2.75, 3.05) is 13.7 Å². The number of carbonyl (C=O) groups excluding carboxylic acids is 1. The molecule has 3 rings (SSSR count). The second-order valence-corrected chi connectivity index (χ2v) is 6.46. The minimum absolute atomic E-state index is 0.295. The molecule has 0 bridgehead atoms. The minimum atomic E-state index is -0.488. The first-order chi connectivity index (χ1) is 10.7. The smallest absolute Gasteiger partial charge is 0.323 e. The normalized spacial score (nSPS) is 21.9. The standard InChI is InChI=1S/C16H18N2O3S/c1-21-16(20)13-7-12(19)9-18(13)10-15-17-8-14(22-15)11-5-3-2-4-6-11/h2-6,8,12-13,19H,7,9-10H2,1H3/t12-,13+/m0/s1. The van der Waals surface area contributed by atoms with Crippen molar-refractivity contribution in [2.24, 2.45) is 0 Å². The van der Waals surface area contributed by atoms with Crippen molar-refractivity contribution in [1.29, 1.82) is 0 Å². The van der Waals surface area contributed by atoms with Crippen molar-refractivity contribution in [3.05, 3.63) is 41.5 Å². The van der Waals surface area contributed by atoms with E-state index in [9.17, 15) is 9.90 Å². The van der Waals surface area contributed by atoms with Crippen molar-refractivity contribution >= 4 is 17.3 Å². The van der Waals surface area contributed by atoms with Crippen molar-refractivity contribution in [3.8, 4) is 10.4 Å². The Bertz CT molecular complexity index is 644. The summed E-state index contributed by atoms with van der Waals surface area (Å²) in [5.74, 6) is -0.295. The molecule has 0 radical (unpaired) electrons. The lowest BCUT2D eigenvalue weighted by Crippen LogP contribution is -2.36. The van der Waals surface area contributed by atoms with Gasteiger partial charge in [0, 0.05) is 19.2 Å². The molecule has 1 aromatic carbocycles. The Hall–Kier alpha value is -1.76. The zero-order valence-electron chi connectivity index (χ0n) is 12.3. The summed E-state index contributed by atoms with van der Waals surface area (Å²) in [7, 11) is 1.38. The summed E-state index contributed by atoms with van der Waals surface area (Å²) in [4.78, 5) is 19.3. The molecule has 0 aliphatic carbocycles. The lowest BCUT2D eigenvalue weighted by atomic mass is 10.2. The number of carbonyl (C=O) groups is 1. The molecular formula is C16H18N2O3S. The average Bonchev–Trinajstić information content (AvgIpc) is 3.14. The number of esters is 1. The Morgan fingerprint density at radius 2 is 2.23 bits per heavy atom. The largest absolute Gasteiger partial charge is 0.468 e. The van der Waals surface area contributed by atoms with Crippen LogP contribution in [0.3, 0.4) is 0 Å². The molecule has 6 heteroatoms. The van der Waals surface area contributed by atoms with Gasteiger partial charge in [-0.3, -0.25) is 9.69 Å². The van der Waals surface area contributed by atoms with Gasteiger partial charge in [-0.15, -0.1) is 11.3 Å². The Kier molecular flexibility index (Phi) is 4.52. The predicted octanol–water partition coefficient (Wildman–Crippen LogP) is 1.92. The molecule has 0 saturated carbocycles. The monoisotopic (exact) mass is 318 g/mol. The number of hydrogen-bond acceptors (Lipinski definition) is 6. The van der Waals surface area contributed by atoms with Crippen molar-refractivity contribution in [3.63, 3.8) is 0 Å². The third-order valence-corrected chi connectivity index (χ3v) is 4.84. The van der Waals surface area contributed by atoms with Gasteiger partial charge in [0.05, 0.1) is 24.6 Å². The molecule has 5 nitrogen and oxygen atoms in total. The average molecular weight is 318 g/mol.